The van der Waals surface area contributed by atoms with Crippen LogP contribution in [0.25, 0.3) is 20.8 Å². The summed E-state index contributed by atoms with van der Waals surface area (Å²) in [5, 5.41) is 0.859. The van der Waals surface area contributed by atoms with E-state index in [1.54, 1.807) is 28.4 Å². The highest BCUT2D eigenvalue weighted by Gasteiger charge is 2.28. The molecule has 1 fully saturated rings. The number of rotatable bonds is 4. The molecular weight excluding hydrogens is 467 g/mol. The number of hydrogen-bond acceptors (Lipinski definition) is 6. The number of nitrogens with zero attached hydrogens (tertiary/aromatic N) is 2. The van der Waals surface area contributed by atoms with Crippen LogP contribution in [0.5, 0.6) is 11.5 Å². The summed E-state index contributed by atoms with van der Waals surface area (Å²) in [7, 11) is 0. The Kier molecular flexibility index (Phi) is 5.83. The monoisotopic (exact) mass is 490 g/mol. The van der Waals surface area contributed by atoms with E-state index < -0.39 is 5.82 Å². The highest BCUT2D eigenvalue weighted by molar-refractivity contribution is 7.21. The number of ether oxygens (including phenoxy) is 3. The number of thiazole rings is 1. The number of para-hydroxylation sites is 1. The molecule has 0 N–H and O–H groups in total. The molecule has 0 bridgehead atoms. The van der Waals surface area contributed by atoms with E-state index in [1.165, 1.54) is 12.1 Å². The second kappa shape index (κ2) is 9.28. The van der Waals surface area contributed by atoms with Crippen LogP contribution in [0.4, 0.5) is 4.39 Å². The molecule has 2 aliphatic rings. The van der Waals surface area contributed by atoms with E-state index in [4.69, 9.17) is 19.2 Å². The first kappa shape index (κ1) is 22.0. The molecule has 1 amide bonds. The molecule has 3 aromatic carbocycles. The second-order valence-corrected chi connectivity index (χ2v) is 9.64. The van der Waals surface area contributed by atoms with E-state index in [0.29, 0.717) is 31.3 Å². The third kappa shape index (κ3) is 4.35. The topological polar surface area (TPSA) is 60.9 Å². The molecular formula is C27H23FN2O4S. The van der Waals surface area contributed by atoms with Crippen LogP contribution in [0, 0.1) is 5.82 Å². The number of amides is 1. The fraction of sp³-hybridized carbons (Fsp3) is 0.259. The van der Waals surface area contributed by atoms with Gasteiger partial charge < -0.3 is 19.1 Å². The Hall–Kier alpha value is -3.49. The largest absolute Gasteiger partial charge is 0.487 e. The summed E-state index contributed by atoms with van der Waals surface area (Å²) in [6, 6.07) is 18.0. The van der Waals surface area contributed by atoms with Crippen molar-refractivity contribution in [3.8, 4) is 22.1 Å². The summed E-state index contributed by atoms with van der Waals surface area (Å²) in [5.41, 5.74) is 2.68. The molecule has 4 aromatic rings. The van der Waals surface area contributed by atoms with Gasteiger partial charge in [-0.05, 0) is 36.4 Å². The van der Waals surface area contributed by atoms with Gasteiger partial charge in [0.05, 0.1) is 35.5 Å². The van der Waals surface area contributed by atoms with Gasteiger partial charge in [0.1, 0.15) is 23.5 Å². The molecule has 35 heavy (non-hydrogen) atoms. The summed E-state index contributed by atoms with van der Waals surface area (Å²) < 4.78 is 33.4. The summed E-state index contributed by atoms with van der Waals surface area (Å²) in [4.78, 5) is 19.6. The van der Waals surface area contributed by atoms with Crippen LogP contribution in [0.1, 0.15) is 22.3 Å². The average Bonchev–Trinajstić information content (AvgIpc) is 3.49. The lowest BCUT2D eigenvalue weighted by molar-refractivity contribution is 0.0728. The van der Waals surface area contributed by atoms with E-state index in [2.05, 4.69) is 0 Å². The Labute approximate surface area is 205 Å². The maximum absolute atomic E-state index is 14.4. The van der Waals surface area contributed by atoms with Crippen molar-refractivity contribution in [3.05, 3.63) is 77.6 Å². The van der Waals surface area contributed by atoms with Gasteiger partial charge in [-0.3, -0.25) is 4.79 Å². The van der Waals surface area contributed by atoms with E-state index in [0.717, 1.165) is 32.8 Å². The zero-order valence-corrected chi connectivity index (χ0v) is 19.7. The fourth-order valence-electron chi connectivity index (χ4n) is 4.45. The van der Waals surface area contributed by atoms with E-state index in [9.17, 15) is 9.18 Å². The first-order chi connectivity index (χ1) is 17.2. The molecule has 0 aliphatic carbocycles. The smallest absolute Gasteiger partial charge is 0.257 e. The Morgan fingerprint density at radius 3 is 2.80 bits per heavy atom. The van der Waals surface area contributed by atoms with Crippen LogP contribution in [0.15, 0.2) is 60.7 Å². The van der Waals surface area contributed by atoms with Crippen molar-refractivity contribution in [2.45, 2.75) is 19.1 Å². The molecule has 2 aliphatic heterocycles. The summed E-state index contributed by atoms with van der Waals surface area (Å²) in [6.07, 6.45) is 0.741. The molecule has 1 unspecified atom stereocenters. The van der Waals surface area contributed by atoms with Gasteiger partial charge in [-0.2, -0.15) is 0 Å². The van der Waals surface area contributed by atoms with Crippen molar-refractivity contribution < 1.29 is 23.4 Å². The molecule has 0 spiro atoms. The Morgan fingerprint density at radius 1 is 1.11 bits per heavy atom. The fourth-order valence-corrected chi connectivity index (χ4v) is 5.41. The summed E-state index contributed by atoms with van der Waals surface area (Å²) in [6.45, 7) is 2.09. The molecule has 0 saturated carbocycles. The Balaban J connectivity index is 1.41. The van der Waals surface area contributed by atoms with Crippen molar-refractivity contribution in [3.63, 3.8) is 0 Å². The molecule has 6 nitrogen and oxygen atoms in total. The molecule has 3 heterocycles. The SMILES string of the molecule is O=C(c1ccccc1F)N1CCOc2c(cc(-c3nc4ccccc4s3)cc2OC2CCOC2)C1. The second-order valence-electron chi connectivity index (χ2n) is 8.61. The van der Waals surface area contributed by atoms with Gasteiger partial charge in [-0.25, -0.2) is 9.37 Å². The summed E-state index contributed by atoms with van der Waals surface area (Å²) in [5.74, 6) is 0.339. The molecule has 1 saturated heterocycles. The highest BCUT2D eigenvalue weighted by atomic mass is 32.1. The van der Waals surface area contributed by atoms with E-state index in [-0.39, 0.29) is 30.7 Å². The predicted molar refractivity (Wildman–Crippen MR) is 132 cm³/mol. The minimum Gasteiger partial charge on any atom is -0.487 e. The number of aromatic nitrogens is 1. The number of hydrogen-bond donors (Lipinski definition) is 0. The van der Waals surface area contributed by atoms with E-state index in [1.807, 2.05) is 36.4 Å². The lowest BCUT2D eigenvalue weighted by Crippen LogP contribution is -2.33. The van der Waals surface area contributed by atoms with Gasteiger partial charge in [-0.1, -0.05) is 24.3 Å². The van der Waals surface area contributed by atoms with Crippen LogP contribution >= 0.6 is 11.3 Å². The molecule has 8 heteroatoms. The number of carbonyl (C=O) groups is 1. The average molecular weight is 491 g/mol. The minimum atomic E-state index is -0.531. The van der Waals surface area contributed by atoms with Crippen LogP contribution in [0.3, 0.4) is 0 Å². The third-order valence-electron chi connectivity index (χ3n) is 6.21. The van der Waals surface area contributed by atoms with Gasteiger partial charge in [0.15, 0.2) is 11.5 Å². The van der Waals surface area contributed by atoms with Crippen molar-refractivity contribution in [1.82, 2.24) is 9.88 Å². The van der Waals surface area contributed by atoms with Gasteiger partial charge in [-0.15, -0.1) is 11.3 Å². The first-order valence-corrected chi connectivity index (χ1v) is 12.4. The maximum atomic E-state index is 14.4. The molecule has 1 atom stereocenters. The van der Waals surface area contributed by atoms with E-state index >= 15 is 0 Å². The lowest BCUT2D eigenvalue weighted by Gasteiger charge is -2.21. The van der Waals surface area contributed by atoms with Gasteiger partial charge in [0.25, 0.3) is 5.91 Å². The Bertz CT molecular complexity index is 1370. The number of fused-ring (bicyclic) bond motifs is 2. The standard InChI is InChI=1S/C27H23FN2O4S/c28-21-6-2-1-5-20(21)27(31)30-10-12-33-25-18(15-30)13-17(14-23(25)34-19-9-11-32-16-19)26-29-22-7-3-4-8-24(22)35-26/h1-8,13-14,19H,9-12,15-16H2. The van der Waals surface area contributed by atoms with Crippen LogP contribution < -0.4 is 9.47 Å². The third-order valence-corrected chi connectivity index (χ3v) is 7.30. The molecule has 178 valence electrons. The van der Waals surface area contributed by atoms with Gasteiger partial charge >= 0.3 is 0 Å². The molecule has 0 radical (unpaired) electrons. The summed E-state index contributed by atoms with van der Waals surface area (Å²) >= 11 is 1.60. The Morgan fingerprint density at radius 2 is 1.97 bits per heavy atom. The van der Waals surface area contributed by atoms with Crippen LogP contribution in [-0.2, 0) is 11.3 Å². The van der Waals surface area contributed by atoms with Crippen LogP contribution in [-0.4, -0.2) is 48.3 Å². The predicted octanol–water partition coefficient (Wildman–Crippen LogP) is 5.30. The van der Waals surface area contributed by atoms with Crippen molar-refractivity contribution >= 4 is 27.5 Å². The highest BCUT2D eigenvalue weighted by Crippen LogP contribution is 2.41. The molecule has 1 aromatic heterocycles. The van der Waals surface area contributed by atoms with Crippen molar-refractivity contribution in [2.75, 3.05) is 26.4 Å². The maximum Gasteiger partial charge on any atom is 0.257 e. The van der Waals surface area contributed by atoms with Crippen molar-refractivity contribution in [2.24, 2.45) is 0 Å². The normalized spacial score (nSPS) is 17.6. The number of carbonyl (C=O) groups excluding carboxylic acids is 1. The number of halogens is 1. The lowest BCUT2D eigenvalue weighted by atomic mass is 10.1. The minimum absolute atomic E-state index is 0.0536. The first-order valence-electron chi connectivity index (χ1n) is 11.6. The van der Waals surface area contributed by atoms with Crippen LogP contribution in [0.2, 0.25) is 0 Å². The van der Waals surface area contributed by atoms with Gasteiger partial charge in [0.2, 0.25) is 0 Å². The molecule has 6 rings (SSSR count). The van der Waals surface area contributed by atoms with Gasteiger partial charge in [0, 0.05) is 24.1 Å². The zero-order valence-electron chi connectivity index (χ0n) is 18.9. The van der Waals surface area contributed by atoms with Crippen molar-refractivity contribution in [1.29, 1.82) is 0 Å². The number of benzene rings is 3. The quantitative estimate of drug-likeness (QED) is 0.388. The zero-order chi connectivity index (χ0) is 23.8.